The second-order valence-corrected chi connectivity index (χ2v) is 10.5. The van der Waals surface area contributed by atoms with Crippen LogP contribution in [-0.4, -0.2) is 42.7 Å². The van der Waals surface area contributed by atoms with Crippen molar-refractivity contribution in [1.29, 1.82) is 0 Å². The van der Waals surface area contributed by atoms with E-state index in [9.17, 15) is 9.59 Å². The normalized spacial score (nSPS) is 14.2. The Morgan fingerprint density at radius 2 is 1.67 bits per heavy atom. The average Bonchev–Trinajstić information content (AvgIpc) is 3.36. The number of carbonyl (C=O) groups excluding carboxylic acids is 2. The van der Waals surface area contributed by atoms with Crippen molar-refractivity contribution in [2.75, 3.05) is 25.1 Å². The number of carbonyl (C=O) groups is 2. The number of hydrogen-bond donors (Lipinski definition) is 0. The van der Waals surface area contributed by atoms with E-state index in [0.29, 0.717) is 17.9 Å². The fourth-order valence-corrected chi connectivity index (χ4v) is 5.38. The molecule has 212 valence electrons. The molecule has 4 aromatic carbocycles. The third-order valence-electron chi connectivity index (χ3n) is 7.49. The lowest BCUT2D eigenvalue weighted by atomic mass is 10.1. The third kappa shape index (κ3) is 5.72. The summed E-state index contributed by atoms with van der Waals surface area (Å²) in [6.07, 6.45) is 0.0184. The Kier molecular flexibility index (Phi) is 7.64. The van der Waals surface area contributed by atoms with Crippen molar-refractivity contribution in [1.82, 2.24) is 4.57 Å². The molecule has 2 heterocycles. The van der Waals surface area contributed by atoms with Crippen LogP contribution in [0, 0.1) is 6.92 Å². The number of ether oxygens (including phenoxy) is 3. The number of benzene rings is 4. The van der Waals surface area contributed by atoms with E-state index < -0.39 is 0 Å². The molecule has 0 saturated carbocycles. The van der Waals surface area contributed by atoms with Crippen LogP contribution in [0.3, 0.4) is 0 Å². The summed E-state index contributed by atoms with van der Waals surface area (Å²) in [7, 11) is 2.04. The molecular weight excluding hydrogens is 528 g/mol. The molecule has 0 fully saturated rings. The van der Waals surface area contributed by atoms with Crippen LogP contribution in [0.4, 0.5) is 5.69 Å². The van der Waals surface area contributed by atoms with Gasteiger partial charge in [-0.1, -0.05) is 54.6 Å². The maximum absolute atomic E-state index is 13.6. The van der Waals surface area contributed by atoms with Gasteiger partial charge in [-0.2, -0.15) is 0 Å². The first-order valence-electron chi connectivity index (χ1n) is 14.0. The smallest absolute Gasteiger partial charge is 0.310 e. The van der Waals surface area contributed by atoms with Crippen LogP contribution in [0.5, 0.6) is 11.5 Å². The molecule has 0 spiro atoms. The van der Waals surface area contributed by atoms with Gasteiger partial charge in [-0.05, 0) is 66.6 Å². The van der Waals surface area contributed by atoms with Crippen molar-refractivity contribution in [2.45, 2.75) is 26.1 Å². The van der Waals surface area contributed by atoms with Crippen LogP contribution in [0.1, 0.15) is 27.2 Å². The molecule has 1 aliphatic heterocycles. The van der Waals surface area contributed by atoms with Crippen molar-refractivity contribution in [3.8, 4) is 11.5 Å². The van der Waals surface area contributed by atoms with Crippen LogP contribution >= 0.6 is 0 Å². The molecule has 0 saturated heterocycles. The number of esters is 1. The quantitative estimate of drug-likeness (QED) is 0.211. The Morgan fingerprint density at radius 3 is 2.48 bits per heavy atom. The first-order chi connectivity index (χ1) is 20.5. The molecule has 0 N–H and O–H groups in total. The summed E-state index contributed by atoms with van der Waals surface area (Å²) in [6, 6.07) is 32.3. The van der Waals surface area contributed by atoms with Crippen LogP contribution in [0.15, 0.2) is 103 Å². The van der Waals surface area contributed by atoms with E-state index in [1.807, 2.05) is 105 Å². The summed E-state index contributed by atoms with van der Waals surface area (Å²) in [5.41, 5.74) is 4.91. The lowest BCUT2D eigenvalue weighted by molar-refractivity contribution is -0.144. The van der Waals surface area contributed by atoms with Crippen molar-refractivity contribution < 1.29 is 23.8 Å². The third-order valence-corrected chi connectivity index (χ3v) is 7.49. The molecule has 0 amide bonds. The largest absolute Gasteiger partial charge is 0.490 e. The van der Waals surface area contributed by atoms with E-state index in [4.69, 9.17) is 14.2 Å². The number of anilines is 1. The monoisotopic (exact) mass is 560 g/mol. The van der Waals surface area contributed by atoms with Crippen molar-refractivity contribution in [2.24, 2.45) is 0 Å². The van der Waals surface area contributed by atoms with E-state index in [0.717, 1.165) is 45.7 Å². The lowest BCUT2D eigenvalue weighted by Crippen LogP contribution is -2.41. The zero-order chi connectivity index (χ0) is 29.1. The van der Waals surface area contributed by atoms with Gasteiger partial charge in [-0.15, -0.1) is 0 Å². The van der Waals surface area contributed by atoms with Gasteiger partial charge < -0.3 is 19.1 Å². The highest BCUT2D eigenvalue weighted by molar-refractivity contribution is 6.04. The predicted octanol–water partition coefficient (Wildman–Crippen LogP) is 6.20. The zero-order valence-electron chi connectivity index (χ0n) is 23.7. The summed E-state index contributed by atoms with van der Waals surface area (Å²) >= 11 is 0. The second-order valence-electron chi connectivity index (χ2n) is 10.5. The maximum Gasteiger partial charge on any atom is 0.310 e. The van der Waals surface area contributed by atoms with Gasteiger partial charge in [0, 0.05) is 23.7 Å². The molecule has 1 aliphatic rings. The minimum Gasteiger partial charge on any atom is -0.490 e. The number of para-hydroxylation sites is 2. The van der Waals surface area contributed by atoms with E-state index in [2.05, 4.69) is 4.90 Å². The fraction of sp³-hybridized carbons (Fsp3) is 0.200. The molecule has 7 nitrogen and oxygen atoms in total. The summed E-state index contributed by atoms with van der Waals surface area (Å²) in [6.45, 7) is 3.24. The van der Waals surface area contributed by atoms with Gasteiger partial charge in [0.25, 0.3) is 5.91 Å². The molecule has 42 heavy (non-hydrogen) atoms. The number of likely N-dealkylation sites (N-methyl/N-ethyl adjacent to an activating group) is 1. The van der Waals surface area contributed by atoms with Gasteiger partial charge in [0.15, 0.2) is 0 Å². The minimum absolute atomic E-state index is 0.107. The number of rotatable bonds is 8. The molecule has 1 atom stereocenters. The second kappa shape index (κ2) is 11.8. The Morgan fingerprint density at radius 1 is 0.905 bits per heavy atom. The van der Waals surface area contributed by atoms with E-state index in [1.54, 1.807) is 16.7 Å². The first kappa shape index (κ1) is 27.1. The topological polar surface area (TPSA) is 70.0 Å². The molecule has 0 radical (unpaired) electrons. The summed E-state index contributed by atoms with van der Waals surface area (Å²) in [4.78, 5) is 28.4. The van der Waals surface area contributed by atoms with Crippen LogP contribution in [0.25, 0.3) is 10.9 Å². The standard InChI is InChI=1S/C35H32N2O5/c1-24-19-30-27(20-34(38)41-22-25-9-4-3-5-10-25)11-8-13-31(30)37(24)35(39)26-15-17-28(18-16-26)40-23-29-21-36(2)32-12-6-7-14-33(32)42-29/h3-19,29H,20-23H2,1-2H3/t29-/m0/s1. The Balaban J connectivity index is 1.12. The molecule has 7 heteroatoms. The van der Waals surface area contributed by atoms with Gasteiger partial charge in [0.2, 0.25) is 0 Å². The fourth-order valence-electron chi connectivity index (χ4n) is 5.38. The van der Waals surface area contributed by atoms with Crippen molar-refractivity contribution >= 4 is 28.5 Å². The van der Waals surface area contributed by atoms with E-state index >= 15 is 0 Å². The molecule has 0 aliphatic carbocycles. The van der Waals surface area contributed by atoms with Gasteiger partial charge in [-0.3, -0.25) is 14.2 Å². The van der Waals surface area contributed by atoms with Gasteiger partial charge in [0.05, 0.1) is 24.2 Å². The molecule has 0 unspecified atom stereocenters. The number of hydrogen-bond acceptors (Lipinski definition) is 6. The highest BCUT2D eigenvalue weighted by Gasteiger charge is 2.24. The Hall–Kier alpha value is -5.04. The number of aryl methyl sites for hydroxylation is 1. The molecule has 5 aromatic rings. The zero-order valence-corrected chi connectivity index (χ0v) is 23.7. The molecule has 1 aromatic heterocycles. The Labute approximate surface area is 244 Å². The van der Waals surface area contributed by atoms with Crippen LogP contribution in [-0.2, 0) is 22.6 Å². The van der Waals surface area contributed by atoms with Gasteiger partial charge in [-0.25, -0.2) is 0 Å². The summed E-state index contributed by atoms with van der Waals surface area (Å²) < 4.78 is 19.3. The highest BCUT2D eigenvalue weighted by atomic mass is 16.5. The van der Waals surface area contributed by atoms with Crippen molar-refractivity contribution in [3.63, 3.8) is 0 Å². The number of nitrogens with zero attached hydrogens (tertiary/aromatic N) is 2. The number of fused-ring (bicyclic) bond motifs is 2. The van der Waals surface area contributed by atoms with Gasteiger partial charge in [0.1, 0.15) is 30.8 Å². The summed E-state index contributed by atoms with van der Waals surface area (Å²) in [5, 5.41) is 0.860. The van der Waals surface area contributed by atoms with Crippen LogP contribution < -0.4 is 14.4 Å². The van der Waals surface area contributed by atoms with E-state index in [-0.39, 0.29) is 31.0 Å². The molecular formula is C35H32N2O5. The Bertz CT molecular complexity index is 1730. The molecule has 0 bridgehead atoms. The maximum atomic E-state index is 13.6. The summed E-state index contributed by atoms with van der Waals surface area (Å²) in [5.74, 6) is 1.06. The SMILES string of the molecule is Cc1cc2c(CC(=O)OCc3ccccc3)cccc2n1C(=O)c1ccc(OC[C@@H]2CN(C)c3ccccc3O2)cc1. The molecule has 6 rings (SSSR count). The minimum atomic E-state index is -0.312. The van der Waals surface area contributed by atoms with E-state index in [1.165, 1.54) is 0 Å². The highest BCUT2D eigenvalue weighted by Crippen LogP contribution is 2.32. The predicted molar refractivity (Wildman–Crippen MR) is 162 cm³/mol. The first-order valence-corrected chi connectivity index (χ1v) is 14.0. The average molecular weight is 561 g/mol. The van der Waals surface area contributed by atoms with Crippen molar-refractivity contribution in [3.05, 3.63) is 126 Å². The lowest BCUT2D eigenvalue weighted by Gasteiger charge is -2.33. The van der Waals surface area contributed by atoms with Crippen LogP contribution in [0.2, 0.25) is 0 Å². The van der Waals surface area contributed by atoms with Gasteiger partial charge >= 0.3 is 5.97 Å². The number of aromatic nitrogens is 1.